The van der Waals surface area contributed by atoms with Crippen LogP contribution in [0.5, 0.6) is 0 Å². The Morgan fingerprint density at radius 1 is 0.276 bits per heavy atom. The summed E-state index contributed by atoms with van der Waals surface area (Å²) in [5.41, 5.74) is 11.0. The van der Waals surface area contributed by atoms with Gasteiger partial charge in [-0.1, -0.05) is 190 Å². The van der Waals surface area contributed by atoms with Crippen molar-refractivity contribution in [3.63, 3.8) is 0 Å². The van der Waals surface area contributed by atoms with Crippen molar-refractivity contribution in [2.75, 3.05) is 4.90 Å². The SMILES string of the molecule is CC1(C)c2ccccc2-c2ccc(N(c3ccc(-c4ccccc4)cc3)c3ccc4c5ccccc5c5ccccc5c5ccccc5c5ccccc5c4c3)cc21. The maximum absolute atomic E-state index is 2.45. The third-order valence-corrected chi connectivity index (χ3v) is 12.5. The van der Waals surface area contributed by atoms with Gasteiger partial charge in [-0.05, 0) is 124 Å². The lowest BCUT2D eigenvalue weighted by Crippen LogP contribution is -2.16. The van der Waals surface area contributed by atoms with Gasteiger partial charge in [0, 0.05) is 22.5 Å². The summed E-state index contributed by atoms with van der Waals surface area (Å²) >= 11 is 0. The molecule has 1 nitrogen and oxygen atoms in total. The molecule has 0 saturated heterocycles. The van der Waals surface area contributed by atoms with Crippen molar-refractivity contribution in [2.45, 2.75) is 19.3 Å². The van der Waals surface area contributed by atoms with E-state index in [9.17, 15) is 0 Å². The van der Waals surface area contributed by atoms with Gasteiger partial charge < -0.3 is 4.90 Å². The fraction of sp³-hybridized carbons (Fsp3) is 0.0526. The van der Waals surface area contributed by atoms with E-state index in [1.54, 1.807) is 0 Å². The second-order valence-electron chi connectivity index (χ2n) is 16.1. The second-order valence-corrected chi connectivity index (χ2v) is 16.1. The molecule has 0 unspecified atom stereocenters. The molecular weight excluding hydrogens is 699 g/mol. The number of hydrogen-bond acceptors (Lipinski definition) is 1. The maximum atomic E-state index is 2.45. The molecule has 0 radical (unpaired) electrons. The molecule has 58 heavy (non-hydrogen) atoms. The fourth-order valence-electron chi connectivity index (χ4n) is 9.65. The molecule has 0 heterocycles. The lowest BCUT2D eigenvalue weighted by Gasteiger charge is -2.28. The standard InChI is InChI=1S/C57H41N/c1-57(2)55-27-15-14-26-52(55)53-35-33-42(37-56(53)57)58(40-30-28-39(29-31-40)38-16-4-3-5-17-38)41-32-34-51-49-24-11-10-22-47(49)45-20-7-6-18-43(45)44-19-8-9-21-46(44)48-23-12-13-25-50(48)54(51)36-41/h3-37H,1-2H3. The van der Waals surface area contributed by atoms with Gasteiger partial charge in [0.15, 0.2) is 0 Å². The summed E-state index contributed by atoms with van der Waals surface area (Å²) in [6.45, 7) is 4.73. The van der Waals surface area contributed by atoms with Crippen molar-refractivity contribution in [1.82, 2.24) is 0 Å². The topological polar surface area (TPSA) is 3.24 Å². The van der Waals surface area contributed by atoms with Gasteiger partial charge in [-0.25, -0.2) is 0 Å². The Kier molecular flexibility index (Phi) is 7.91. The Morgan fingerprint density at radius 3 is 1.21 bits per heavy atom. The Balaban J connectivity index is 1.23. The molecule has 274 valence electrons. The first-order valence-corrected chi connectivity index (χ1v) is 20.3. The number of rotatable bonds is 4. The van der Waals surface area contributed by atoms with Crippen LogP contribution in [-0.4, -0.2) is 0 Å². The van der Waals surface area contributed by atoms with Crippen molar-refractivity contribution >= 4 is 70.9 Å². The van der Waals surface area contributed by atoms with E-state index in [4.69, 9.17) is 0 Å². The van der Waals surface area contributed by atoms with Gasteiger partial charge in [-0.3, -0.25) is 0 Å². The van der Waals surface area contributed by atoms with E-state index < -0.39 is 0 Å². The first-order chi connectivity index (χ1) is 28.5. The maximum Gasteiger partial charge on any atom is 0.0468 e. The zero-order chi connectivity index (χ0) is 38.8. The van der Waals surface area contributed by atoms with Gasteiger partial charge in [-0.15, -0.1) is 0 Å². The van der Waals surface area contributed by atoms with E-state index >= 15 is 0 Å². The van der Waals surface area contributed by atoms with Gasteiger partial charge in [0.1, 0.15) is 0 Å². The number of nitrogens with zero attached hydrogens (tertiary/aromatic N) is 1. The molecule has 0 atom stereocenters. The molecule has 0 aromatic heterocycles. The summed E-state index contributed by atoms with van der Waals surface area (Å²) in [4.78, 5) is 2.45. The van der Waals surface area contributed by atoms with Gasteiger partial charge in [-0.2, -0.15) is 0 Å². The van der Waals surface area contributed by atoms with Gasteiger partial charge in [0.05, 0.1) is 0 Å². The minimum absolute atomic E-state index is 0.125. The molecule has 0 bridgehead atoms. The molecule has 1 aliphatic rings. The Morgan fingerprint density at radius 2 is 0.655 bits per heavy atom. The zero-order valence-corrected chi connectivity index (χ0v) is 32.7. The van der Waals surface area contributed by atoms with E-state index in [1.165, 1.54) is 87.2 Å². The first-order valence-electron chi connectivity index (χ1n) is 20.3. The predicted octanol–water partition coefficient (Wildman–Crippen LogP) is 16.0. The molecule has 0 N–H and O–H groups in total. The third-order valence-electron chi connectivity index (χ3n) is 12.5. The molecule has 10 aromatic rings. The molecule has 0 aliphatic heterocycles. The van der Waals surface area contributed by atoms with Crippen LogP contribution in [0.25, 0.3) is 76.1 Å². The van der Waals surface area contributed by atoms with Crippen LogP contribution in [0, 0.1) is 0 Å². The highest BCUT2D eigenvalue weighted by atomic mass is 15.1. The van der Waals surface area contributed by atoms with Crippen molar-refractivity contribution < 1.29 is 0 Å². The van der Waals surface area contributed by atoms with E-state index in [0.717, 1.165) is 17.1 Å². The lowest BCUT2D eigenvalue weighted by atomic mass is 9.82. The highest BCUT2D eigenvalue weighted by Crippen LogP contribution is 2.51. The highest BCUT2D eigenvalue weighted by Gasteiger charge is 2.35. The van der Waals surface area contributed by atoms with E-state index in [-0.39, 0.29) is 5.41 Å². The number of hydrogen-bond donors (Lipinski definition) is 0. The molecule has 10 aromatic carbocycles. The van der Waals surface area contributed by atoms with Crippen molar-refractivity contribution in [1.29, 1.82) is 0 Å². The molecular formula is C57H41N. The van der Waals surface area contributed by atoms with Crippen LogP contribution in [-0.2, 0) is 5.41 Å². The quantitative estimate of drug-likeness (QED) is 0.174. The normalized spacial score (nSPS) is 12.8. The summed E-state index contributed by atoms with van der Waals surface area (Å²) in [5.74, 6) is 0. The fourth-order valence-corrected chi connectivity index (χ4v) is 9.65. The van der Waals surface area contributed by atoms with E-state index in [2.05, 4.69) is 231 Å². The van der Waals surface area contributed by atoms with Crippen LogP contribution in [0.2, 0.25) is 0 Å². The lowest BCUT2D eigenvalue weighted by molar-refractivity contribution is 0.660. The molecule has 1 heteroatoms. The van der Waals surface area contributed by atoms with E-state index in [1.807, 2.05) is 0 Å². The average molecular weight is 740 g/mol. The number of benzene rings is 9. The summed E-state index contributed by atoms with van der Waals surface area (Å²) in [6.07, 6.45) is 0. The largest absolute Gasteiger partial charge is 0.310 e. The monoisotopic (exact) mass is 739 g/mol. The summed E-state index contributed by atoms with van der Waals surface area (Å²) in [7, 11) is 0. The molecule has 0 amide bonds. The van der Waals surface area contributed by atoms with Gasteiger partial charge in [0.2, 0.25) is 0 Å². The number of fused-ring (bicyclic) bond motifs is 13. The van der Waals surface area contributed by atoms with Gasteiger partial charge in [0.25, 0.3) is 0 Å². The summed E-state index contributed by atoms with van der Waals surface area (Å²) < 4.78 is 0. The Hall–Kier alpha value is -7.22. The van der Waals surface area contributed by atoms with Crippen LogP contribution in [0.3, 0.4) is 0 Å². The van der Waals surface area contributed by atoms with Crippen molar-refractivity contribution in [3.05, 3.63) is 223 Å². The minimum atomic E-state index is -0.125. The van der Waals surface area contributed by atoms with Crippen LogP contribution >= 0.6 is 0 Å². The number of anilines is 3. The first kappa shape index (κ1) is 34.1. The van der Waals surface area contributed by atoms with Crippen LogP contribution < -0.4 is 4.90 Å². The Labute approximate surface area is 339 Å². The molecule has 1 aliphatic carbocycles. The zero-order valence-electron chi connectivity index (χ0n) is 32.7. The second kappa shape index (κ2) is 13.5. The van der Waals surface area contributed by atoms with Crippen LogP contribution in [0.1, 0.15) is 25.0 Å². The molecule has 0 fully saturated rings. The van der Waals surface area contributed by atoms with E-state index in [0.29, 0.717) is 0 Å². The summed E-state index contributed by atoms with van der Waals surface area (Å²) in [6, 6.07) is 78.5. The van der Waals surface area contributed by atoms with Crippen molar-refractivity contribution in [2.24, 2.45) is 0 Å². The highest BCUT2D eigenvalue weighted by molar-refractivity contribution is 6.26. The van der Waals surface area contributed by atoms with Crippen molar-refractivity contribution in [3.8, 4) is 22.3 Å². The molecule has 11 rings (SSSR count). The Bertz CT molecular complexity index is 3230. The minimum Gasteiger partial charge on any atom is -0.310 e. The molecule has 0 spiro atoms. The summed E-state index contributed by atoms with van der Waals surface area (Å²) in [5, 5.41) is 12.3. The van der Waals surface area contributed by atoms with Gasteiger partial charge >= 0.3 is 0 Å². The van der Waals surface area contributed by atoms with Crippen LogP contribution in [0.4, 0.5) is 17.1 Å². The molecule has 0 saturated carbocycles. The predicted molar refractivity (Wildman–Crippen MR) is 249 cm³/mol. The third kappa shape index (κ3) is 5.39. The smallest absolute Gasteiger partial charge is 0.0468 e. The van der Waals surface area contributed by atoms with Crippen LogP contribution in [0.15, 0.2) is 212 Å². The average Bonchev–Trinajstić information content (AvgIpc) is 3.52.